The Balaban J connectivity index is 0. The van der Waals surface area contributed by atoms with E-state index >= 15 is 0 Å². The fourth-order valence-electron chi connectivity index (χ4n) is 0.677. The molecule has 0 aliphatic rings. The van der Waals surface area contributed by atoms with Gasteiger partial charge >= 0.3 is 0 Å². The third-order valence-corrected chi connectivity index (χ3v) is 1.21. The summed E-state index contributed by atoms with van der Waals surface area (Å²) in [6.45, 7) is 9.49. The number of rotatable bonds is 4. The summed E-state index contributed by atoms with van der Waals surface area (Å²) >= 11 is 0. The fraction of sp³-hybridized carbons (Fsp3) is 0.889. The number of unbranched alkanes of at least 4 members (excludes halogenated alkanes) is 4. The zero-order chi connectivity index (χ0) is 7.54. The minimum atomic E-state index is 1.36. The van der Waals surface area contributed by atoms with Crippen LogP contribution in [0.3, 0.4) is 0 Å². The van der Waals surface area contributed by atoms with Crippen LogP contribution < -0.4 is 0 Å². The molecule has 0 saturated heterocycles. The average Bonchev–Trinajstić information content (AvgIpc) is 1.94. The maximum Gasteiger partial charge on any atom is -0.0533 e. The minimum Gasteiger partial charge on any atom is -0.0654 e. The van der Waals surface area contributed by atoms with Crippen molar-refractivity contribution in [1.29, 1.82) is 0 Å². The van der Waals surface area contributed by atoms with Gasteiger partial charge in [0.1, 0.15) is 0 Å². The van der Waals surface area contributed by atoms with Crippen LogP contribution >= 0.6 is 0 Å². The van der Waals surface area contributed by atoms with Crippen LogP contribution in [0.4, 0.5) is 0 Å². The van der Waals surface area contributed by atoms with Gasteiger partial charge in [0.2, 0.25) is 0 Å². The van der Waals surface area contributed by atoms with Gasteiger partial charge < -0.3 is 0 Å². The van der Waals surface area contributed by atoms with Crippen LogP contribution in [0, 0.1) is 6.92 Å². The SMILES string of the molecule is CCCCCCC.[CH2]C. The highest BCUT2D eigenvalue weighted by molar-refractivity contribution is 4.35. The quantitative estimate of drug-likeness (QED) is 0.506. The van der Waals surface area contributed by atoms with Crippen molar-refractivity contribution >= 4 is 0 Å². The average molecular weight is 129 g/mol. The maximum atomic E-state index is 3.25. The molecule has 0 atom stereocenters. The smallest absolute Gasteiger partial charge is 0.0533 e. The van der Waals surface area contributed by atoms with Crippen LogP contribution in [-0.2, 0) is 0 Å². The second-order valence-corrected chi connectivity index (χ2v) is 2.06. The Hall–Kier alpha value is 0. The van der Waals surface area contributed by atoms with Crippen LogP contribution in [-0.4, -0.2) is 0 Å². The van der Waals surface area contributed by atoms with Crippen LogP contribution in [0.1, 0.15) is 52.9 Å². The molecule has 0 nitrogen and oxygen atoms in total. The van der Waals surface area contributed by atoms with Crippen molar-refractivity contribution in [2.75, 3.05) is 0 Å². The minimum absolute atomic E-state index is 1.36. The lowest BCUT2D eigenvalue weighted by Crippen LogP contribution is -1.70. The predicted molar refractivity (Wildman–Crippen MR) is 45.5 cm³/mol. The molecule has 0 rings (SSSR count). The first-order valence-corrected chi connectivity index (χ1v) is 4.12. The lowest BCUT2D eigenvalue weighted by molar-refractivity contribution is 0.656. The molecule has 0 saturated carbocycles. The van der Waals surface area contributed by atoms with Crippen LogP contribution in [0.25, 0.3) is 0 Å². The first-order valence-electron chi connectivity index (χ1n) is 4.12. The maximum absolute atomic E-state index is 3.25. The number of hydrogen-bond donors (Lipinski definition) is 0. The van der Waals surface area contributed by atoms with E-state index in [4.69, 9.17) is 0 Å². The molecule has 0 heteroatoms. The van der Waals surface area contributed by atoms with E-state index < -0.39 is 0 Å². The zero-order valence-corrected chi connectivity index (χ0v) is 7.24. The molecule has 0 aromatic rings. The lowest BCUT2D eigenvalue weighted by atomic mass is 10.2. The van der Waals surface area contributed by atoms with Gasteiger partial charge in [-0.2, -0.15) is 0 Å². The highest BCUT2D eigenvalue weighted by Crippen LogP contribution is 2.00. The molecule has 0 fully saturated rings. The van der Waals surface area contributed by atoms with Crippen molar-refractivity contribution in [2.45, 2.75) is 52.9 Å². The van der Waals surface area contributed by atoms with Gasteiger partial charge in [-0.1, -0.05) is 59.8 Å². The summed E-state index contributed by atoms with van der Waals surface area (Å²) in [7, 11) is 0. The fourth-order valence-corrected chi connectivity index (χ4v) is 0.677. The molecule has 0 aromatic heterocycles. The molecule has 0 N–H and O–H groups in total. The van der Waals surface area contributed by atoms with E-state index in [1.807, 2.05) is 0 Å². The molecular formula is C9H21. The zero-order valence-electron chi connectivity index (χ0n) is 7.24. The molecule has 1 radical (unpaired) electrons. The molecule has 57 valence electrons. The van der Waals surface area contributed by atoms with Gasteiger partial charge in [0.25, 0.3) is 0 Å². The van der Waals surface area contributed by atoms with Gasteiger partial charge in [-0.15, -0.1) is 0 Å². The third-order valence-electron chi connectivity index (χ3n) is 1.21. The summed E-state index contributed by atoms with van der Waals surface area (Å²) in [5, 5.41) is 0. The molecule has 0 heterocycles. The van der Waals surface area contributed by atoms with Crippen molar-refractivity contribution in [3.8, 4) is 0 Å². The van der Waals surface area contributed by atoms with Gasteiger partial charge in [-0.3, -0.25) is 0 Å². The summed E-state index contributed by atoms with van der Waals surface area (Å²) < 4.78 is 0. The second kappa shape index (κ2) is 15.7. The Morgan fingerprint density at radius 2 is 1.11 bits per heavy atom. The Morgan fingerprint density at radius 1 is 0.778 bits per heavy atom. The normalized spacial score (nSPS) is 8.00. The molecular weight excluding hydrogens is 108 g/mol. The van der Waals surface area contributed by atoms with E-state index in [2.05, 4.69) is 20.8 Å². The van der Waals surface area contributed by atoms with E-state index in [-0.39, 0.29) is 0 Å². The second-order valence-electron chi connectivity index (χ2n) is 2.06. The van der Waals surface area contributed by atoms with E-state index in [0.29, 0.717) is 0 Å². The molecule has 0 aliphatic carbocycles. The van der Waals surface area contributed by atoms with E-state index in [1.165, 1.54) is 32.1 Å². The highest BCUT2D eigenvalue weighted by Gasteiger charge is 1.80. The van der Waals surface area contributed by atoms with Crippen molar-refractivity contribution in [2.24, 2.45) is 0 Å². The topological polar surface area (TPSA) is 0 Å². The number of hydrogen-bond acceptors (Lipinski definition) is 0. The molecule has 0 aliphatic heterocycles. The standard InChI is InChI=1S/C7H16.C2H5/c1-3-5-7-6-4-2;1-2/h3-7H2,1-2H3;1H2,2H3. The van der Waals surface area contributed by atoms with Crippen molar-refractivity contribution in [1.82, 2.24) is 0 Å². The molecule has 0 spiro atoms. The molecule has 9 heavy (non-hydrogen) atoms. The van der Waals surface area contributed by atoms with Crippen molar-refractivity contribution in [3.63, 3.8) is 0 Å². The van der Waals surface area contributed by atoms with E-state index in [0.717, 1.165) is 0 Å². The summed E-state index contributed by atoms with van der Waals surface area (Å²) in [5.74, 6) is 0. The summed E-state index contributed by atoms with van der Waals surface area (Å²) in [5.41, 5.74) is 0. The van der Waals surface area contributed by atoms with Crippen LogP contribution in [0.2, 0.25) is 0 Å². The van der Waals surface area contributed by atoms with Gasteiger partial charge in [0.05, 0.1) is 0 Å². The van der Waals surface area contributed by atoms with Crippen molar-refractivity contribution < 1.29 is 0 Å². The van der Waals surface area contributed by atoms with Gasteiger partial charge in [0.15, 0.2) is 0 Å². The largest absolute Gasteiger partial charge is 0.0654 e. The first kappa shape index (κ1) is 11.8. The van der Waals surface area contributed by atoms with Gasteiger partial charge in [-0.25, -0.2) is 0 Å². The molecule has 0 unspecified atom stereocenters. The van der Waals surface area contributed by atoms with Crippen LogP contribution in [0.5, 0.6) is 0 Å². The summed E-state index contributed by atoms with van der Waals surface area (Å²) in [4.78, 5) is 0. The van der Waals surface area contributed by atoms with Gasteiger partial charge in [-0.05, 0) is 0 Å². The predicted octanol–water partition coefficient (Wildman–Crippen LogP) is 3.82. The van der Waals surface area contributed by atoms with E-state index in [1.54, 1.807) is 6.92 Å². The van der Waals surface area contributed by atoms with Crippen LogP contribution in [0.15, 0.2) is 0 Å². The highest BCUT2D eigenvalue weighted by atomic mass is 13.9. The Labute approximate surface area is 60.7 Å². The molecule has 0 aromatic carbocycles. The first-order chi connectivity index (χ1) is 4.41. The monoisotopic (exact) mass is 129 g/mol. The third kappa shape index (κ3) is 18.0. The van der Waals surface area contributed by atoms with Gasteiger partial charge in [0, 0.05) is 0 Å². The Kier molecular flexibility index (Phi) is 20.5. The van der Waals surface area contributed by atoms with Crippen molar-refractivity contribution in [3.05, 3.63) is 6.92 Å². The summed E-state index contributed by atoms with van der Waals surface area (Å²) in [6.07, 6.45) is 7.01. The molecule has 0 amide bonds. The Morgan fingerprint density at radius 3 is 1.33 bits per heavy atom. The molecule has 0 bridgehead atoms. The summed E-state index contributed by atoms with van der Waals surface area (Å²) in [6, 6.07) is 0. The lowest BCUT2D eigenvalue weighted by Gasteiger charge is -1.90. The Bertz CT molecular complexity index is 19.2. The van der Waals surface area contributed by atoms with E-state index in [9.17, 15) is 0 Å².